The number of hydrogen-bond donors (Lipinski definition) is 2. The molecule has 2 N–H and O–H groups in total. The number of nitrogens with zero attached hydrogens (tertiary/aromatic N) is 3. The van der Waals surface area contributed by atoms with Crippen LogP contribution in [0.1, 0.15) is 24.8 Å². The fourth-order valence-electron chi connectivity index (χ4n) is 3.94. The third-order valence-corrected chi connectivity index (χ3v) is 5.46. The summed E-state index contributed by atoms with van der Waals surface area (Å²) < 4.78 is 0. The van der Waals surface area contributed by atoms with Crippen LogP contribution < -0.4 is 10.9 Å². The number of rotatable bonds is 6. The first-order chi connectivity index (χ1) is 14.1. The Morgan fingerprint density at radius 1 is 1.24 bits per heavy atom. The maximum absolute atomic E-state index is 11.9. The lowest BCUT2D eigenvalue weighted by Gasteiger charge is -2.36. The summed E-state index contributed by atoms with van der Waals surface area (Å²) in [5, 5.41) is 15.0. The van der Waals surface area contributed by atoms with E-state index in [1.807, 2.05) is 18.2 Å². The van der Waals surface area contributed by atoms with E-state index in [-0.39, 0.29) is 22.7 Å². The maximum Gasteiger partial charge on any atom is 0.293 e. The highest BCUT2D eigenvalue weighted by atomic mass is 16.6. The number of aromatic nitrogens is 2. The van der Waals surface area contributed by atoms with Crippen LogP contribution in [0.4, 0.5) is 11.4 Å². The zero-order valence-electron chi connectivity index (χ0n) is 16.0. The van der Waals surface area contributed by atoms with Crippen molar-refractivity contribution in [3.63, 3.8) is 0 Å². The molecule has 1 fully saturated rings. The fourth-order valence-corrected chi connectivity index (χ4v) is 3.94. The second-order valence-electron chi connectivity index (χ2n) is 7.36. The summed E-state index contributed by atoms with van der Waals surface area (Å²) in [6.07, 6.45) is 4.66. The molecule has 4 rings (SSSR count). The summed E-state index contributed by atoms with van der Waals surface area (Å²) in [6.45, 7) is 2.48. The number of benzene rings is 2. The van der Waals surface area contributed by atoms with E-state index < -0.39 is 4.92 Å². The van der Waals surface area contributed by atoms with Crippen molar-refractivity contribution in [2.75, 3.05) is 18.4 Å². The van der Waals surface area contributed by atoms with Crippen LogP contribution >= 0.6 is 0 Å². The summed E-state index contributed by atoms with van der Waals surface area (Å²) >= 11 is 0. The number of hydrogen-bond acceptors (Lipinski definition) is 6. The second kappa shape index (κ2) is 8.40. The minimum absolute atomic E-state index is 0.110. The van der Waals surface area contributed by atoms with Crippen LogP contribution in [0.25, 0.3) is 10.9 Å². The first-order valence-corrected chi connectivity index (χ1v) is 9.79. The van der Waals surface area contributed by atoms with Gasteiger partial charge in [0, 0.05) is 25.2 Å². The van der Waals surface area contributed by atoms with Gasteiger partial charge in [0.1, 0.15) is 5.69 Å². The topological polar surface area (TPSA) is 104 Å². The highest BCUT2D eigenvalue weighted by molar-refractivity contribution is 5.86. The molecule has 2 aromatic carbocycles. The van der Waals surface area contributed by atoms with Gasteiger partial charge in [-0.25, -0.2) is 4.98 Å². The molecule has 0 aliphatic carbocycles. The van der Waals surface area contributed by atoms with Crippen LogP contribution in [0, 0.1) is 10.1 Å². The van der Waals surface area contributed by atoms with Gasteiger partial charge >= 0.3 is 0 Å². The van der Waals surface area contributed by atoms with Gasteiger partial charge in [-0.05, 0) is 31.0 Å². The molecule has 0 radical (unpaired) electrons. The SMILES string of the molecule is O=c1[nH]cnc2cc(NCC3CCCCN3Cc3ccccc3)c([N+](=O)[O-])cc12. The van der Waals surface area contributed by atoms with E-state index in [1.54, 1.807) is 6.07 Å². The number of anilines is 1. The van der Waals surface area contributed by atoms with E-state index in [0.717, 1.165) is 32.4 Å². The Hall–Kier alpha value is -3.26. The molecule has 2 heterocycles. The third kappa shape index (κ3) is 4.27. The first-order valence-electron chi connectivity index (χ1n) is 9.79. The first kappa shape index (κ1) is 19.1. The molecule has 150 valence electrons. The number of likely N-dealkylation sites (tertiary alicyclic amines) is 1. The van der Waals surface area contributed by atoms with Gasteiger partial charge in [-0.3, -0.25) is 19.8 Å². The largest absolute Gasteiger partial charge is 0.378 e. The highest BCUT2D eigenvalue weighted by Gasteiger charge is 2.24. The molecular formula is C21H23N5O3. The van der Waals surface area contributed by atoms with Gasteiger partial charge in [0.2, 0.25) is 0 Å². The lowest BCUT2D eigenvalue weighted by molar-refractivity contribution is -0.383. The Morgan fingerprint density at radius 2 is 2.07 bits per heavy atom. The predicted octanol–water partition coefficient (Wildman–Crippen LogP) is 3.30. The van der Waals surface area contributed by atoms with E-state index in [9.17, 15) is 14.9 Å². The van der Waals surface area contributed by atoms with Crippen molar-refractivity contribution in [1.82, 2.24) is 14.9 Å². The molecule has 0 amide bonds. The summed E-state index contributed by atoms with van der Waals surface area (Å²) in [6, 6.07) is 13.5. The van der Waals surface area contributed by atoms with Crippen molar-refractivity contribution in [2.45, 2.75) is 31.8 Å². The van der Waals surface area contributed by atoms with Crippen molar-refractivity contribution >= 4 is 22.3 Å². The maximum atomic E-state index is 11.9. The number of aromatic amines is 1. The highest BCUT2D eigenvalue weighted by Crippen LogP contribution is 2.29. The average molecular weight is 393 g/mol. The lowest BCUT2D eigenvalue weighted by Crippen LogP contribution is -2.43. The number of piperidine rings is 1. The number of nitro groups is 1. The second-order valence-corrected chi connectivity index (χ2v) is 7.36. The van der Waals surface area contributed by atoms with E-state index in [2.05, 4.69) is 32.3 Å². The summed E-state index contributed by atoms with van der Waals surface area (Å²) in [7, 11) is 0. The zero-order chi connectivity index (χ0) is 20.2. The Morgan fingerprint density at radius 3 is 2.86 bits per heavy atom. The van der Waals surface area contributed by atoms with Crippen molar-refractivity contribution < 1.29 is 4.92 Å². The molecule has 8 nitrogen and oxygen atoms in total. The van der Waals surface area contributed by atoms with Crippen molar-refractivity contribution in [3.05, 3.63) is 74.8 Å². The molecule has 3 aromatic rings. The molecule has 29 heavy (non-hydrogen) atoms. The molecule has 8 heteroatoms. The van der Waals surface area contributed by atoms with Crippen LogP contribution in [0.15, 0.2) is 53.6 Å². The van der Waals surface area contributed by atoms with Crippen LogP contribution in [0.5, 0.6) is 0 Å². The van der Waals surface area contributed by atoms with Gasteiger partial charge in [-0.2, -0.15) is 0 Å². The minimum atomic E-state index is -0.461. The van der Waals surface area contributed by atoms with Crippen LogP contribution in [-0.2, 0) is 6.54 Å². The third-order valence-electron chi connectivity index (χ3n) is 5.46. The fraction of sp³-hybridized carbons (Fsp3) is 0.333. The summed E-state index contributed by atoms with van der Waals surface area (Å²) in [5.74, 6) is 0. The Balaban J connectivity index is 1.55. The van der Waals surface area contributed by atoms with Crippen molar-refractivity contribution in [2.24, 2.45) is 0 Å². The monoisotopic (exact) mass is 393 g/mol. The number of nitro benzene ring substituents is 1. The van der Waals surface area contributed by atoms with Gasteiger partial charge in [-0.15, -0.1) is 0 Å². The number of nitrogens with one attached hydrogen (secondary N) is 2. The molecule has 1 atom stereocenters. The van der Waals surface area contributed by atoms with Gasteiger partial charge in [0.25, 0.3) is 11.2 Å². The molecule has 0 bridgehead atoms. The predicted molar refractivity (Wildman–Crippen MR) is 112 cm³/mol. The quantitative estimate of drug-likeness (QED) is 0.492. The summed E-state index contributed by atoms with van der Waals surface area (Å²) in [4.78, 5) is 32.1. The average Bonchev–Trinajstić information content (AvgIpc) is 2.73. The summed E-state index contributed by atoms with van der Waals surface area (Å²) in [5.41, 5.74) is 1.60. The van der Waals surface area contributed by atoms with Crippen molar-refractivity contribution in [3.8, 4) is 0 Å². The van der Waals surface area contributed by atoms with Gasteiger partial charge < -0.3 is 10.3 Å². The van der Waals surface area contributed by atoms with Crippen LogP contribution in [0.3, 0.4) is 0 Å². The molecule has 0 spiro atoms. The van der Waals surface area contributed by atoms with Crippen LogP contribution in [0.2, 0.25) is 0 Å². The van der Waals surface area contributed by atoms with Crippen molar-refractivity contribution in [1.29, 1.82) is 0 Å². The Bertz CT molecular complexity index is 1070. The van der Waals surface area contributed by atoms with E-state index >= 15 is 0 Å². The molecule has 1 aliphatic rings. The molecule has 0 saturated carbocycles. The molecular weight excluding hydrogens is 370 g/mol. The Labute approximate surface area is 167 Å². The normalized spacial score (nSPS) is 17.3. The van der Waals surface area contributed by atoms with Gasteiger partial charge in [0.15, 0.2) is 0 Å². The van der Waals surface area contributed by atoms with Gasteiger partial charge in [0.05, 0.1) is 22.2 Å². The van der Waals surface area contributed by atoms with E-state index in [4.69, 9.17) is 0 Å². The van der Waals surface area contributed by atoms with E-state index in [1.165, 1.54) is 18.0 Å². The standard InChI is InChI=1S/C21H23N5O3/c27-21-17-10-20(26(28)29)19(11-18(17)23-14-24-21)22-12-16-8-4-5-9-25(16)13-15-6-2-1-3-7-15/h1-3,6-7,10-11,14,16,22H,4-5,8-9,12-13H2,(H,23,24,27). The van der Waals surface area contributed by atoms with E-state index in [0.29, 0.717) is 17.7 Å². The minimum Gasteiger partial charge on any atom is -0.378 e. The molecule has 1 aliphatic heterocycles. The Kier molecular flexibility index (Phi) is 5.53. The molecule has 1 unspecified atom stereocenters. The zero-order valence-corrected chi connectivity index (χ0v) is 16.0. The number of H-pyrrole nitrogens is 1. The van der Waals surface area contributed by atoms with Crippen LogP contribution in [-0.4, -0.2) is 38.9 Å². The molecule has 1 aromatic heterocycles. The van der Waals surface area contributed by atoms with Gasteiger partial charge in [-0.1, -0.05) is 36.8 Å². The number of fused-ring (bicyclic) bond motifs is 1. The molecule has 1 saturated heterocycles. The lowest BCUT2D eigenvalue weighted by atomic mass is 10.0. The smallest absolute Gasteiger partial charge is 0.293 e.